The maximum atomic E-state index is 12.5. The molecular formula is C16H16ClNO2. The Morgan fingerprint density at radius 3 is 2.85 bits per heavy atom. The van der Waals surface area contributed by atoms with E-state index < -0.39 is 0 Å². The Morgan fingerprint density at radius 1 is 1.30 bits per heavy atom. The van der Waals surface area contributed by atoms with Crippen molar-refractivity contribution in [2.75, 3.05) is 19.0 Å². The number of phenols is 1. The van der Waals surface area contributed by atoms with Crippen LogP contribution in [0.3, 0.4) is 0 Å². The second-order valence-electron chi connectivity index (χ2n) is 5.24. The van der Waals surface area contributed by atoms with E-state index in [1.165, 1.54) is 0 Å². The zero-order valence-corrected chi connectivity index (χ0v) is 11.8. The molecule has 3 rings (SSSR count). The number of hydrogen-bond acceptors (Lipinski definition) is 2. The topological polar surface area (TPSA) is 40.5 Å². The second kappa shape index (κ2) is 5.33. The van der Waals surface area contributed by atoms with Crippen molar-refractivity contribution in [3.05, 3.63) is 42.0 Å². The molecule has 1 amide bonds. The molecule has 1 aliphatic rings. The van der Waals surface area contributed by atoms with E-state index in [9.17, 15) is 9.90 Å². The second-order valence-corrected chi connectivity index (χ2v) is 5.55. The molecule has 104 valence electrons. The van der Waals surface area contributed by atoms with Gasteiger partial charge < -0.3 is 10.0 Å². The van der Waals surface area contributed by atoms with Gasteiger partial charge in [0.25, 0.3) is 5.91 Å². The van der Waals surface area contributed by atoms with Crippen molar-refractivity contribution in [3.63, 3.8) is 0 Å². The third-order valence-electron chi connectivity index (χ3n) is 3.92. The molecule has 1 heterocycles. The quantitative estimate of drug-likeness (QED) is 0.862. The van der Waals surface area contributed by atoms with E-state index in [-0.39, 0.29) is 11.7 Å². The van der Waals surface area contributed by atoms with Gasteiger partial charge in [-0.2, -0.15) is 0 Å². The van der Waals surface area contributed by atoms with Crippen LogP contribution in [0, 0.1) is 5.92 Å². The molecule has 3 nitrogen and oxygen atoms in total. The Balaban J connectivity index is 1.94. The first-order valence-electron chi connectivity index (χ1n) is 6.76. The monoisotopic (exact) mass is 289 g/mol. The number of carbonyl (C=O) groups is 1. The van der Waals surface area contributed by atoms with Crippen molar-refractivity contribution < 1.29 is 9.90 Å². The van der Waals surface area contributed by atoms with E-state index in [0.717, 1.165) is 11.8 Å². The smallest absolute Gasteiger partial charge is 0.257 e. The molecule has 2 aromatic rings. The van der Waals surface area contributed by atoms with Crippen LogP contribution in [0.5, 0.6) is 5.75 Å². The first-order chi connectivity index (χ1) is 9.70. The number of fused-ring (bicyclic) bond motifs is 1. The van der Waals surface area contributed by atoms with Gasteiger partial charge in [0.1, 0.15) is 5.75 Å². The lowest BCUT2D eigenvalue weighted by atomic mass is 10.0. The number of aromatic hydroxyl groups is 1. The van der Waals surface area contributed by atoms with Crippen LogP contribution in [-0.4, -0.2) is 34.9 Å². The molecular weight excluding hydrogens is 274 g/mol. The van der Waals surface area contributed by atoms with Gasteiger partial charge in [-0.25, -0.2) is 0 Å². The molecule has 1 saturated heterocycles. The number of nitrogens with zero attached hydrogens (tertiary/aromatic N) is 1. The van der Waals surface area contributed by atoms with Crippen molar-refractivity contribution in [1.29, 1.82) is 0 Å². The van der Waals surface area contributed by atoms with Crippen molar-refractivity contribution in [1.82, 2.24) is 4.90 Å². The molecule has 0 aliphatic carbocycles. The molecule has 0 saturated carbocycles. The van der Waals surface area contributed by atoms with Crippen LogP contribution in [-0.2, 0) is 0 Å². The number of phenolic OH excluding ortho intramolecular Hbond substituents is 1. The summed E-state index contributed by atoms with van der Waals surface area (Å²) in [6.45, 7) is 1.39. The Bertz CT molecular complexity index is 656. The number of carbonyl (C=O) groups excluding carboxylic acids is 1. The van der Waals surface area contributed by atoms with Gasteiger partial charge in [-0.15, -0.1) is 11.6 Å². The normalized spacial score (nSPS) is 18.6. The molecule has 1 atom stereocenters. The molecule has 1 aliphatic heterocycles. The number of rotatable bonds is 2. The van der Waals surface area contributed by atoms with Gasteiger partial charge >= 0.3 is 0 Å². The number of benzene rings is 2. The van der Waals surface area contributed by atoms with E-state index in [1.807, 2.05) is 30.3 Å². The van der Waals surface area contributed by atoms with Crippen LogP contribution in [0.4, 0.5) is 0 Å². The van der Waals surface area contributed by atoms with Crippen molar-refractivity contribution in [2.24, 2.45) is 5.92 Å². The maximum Gasteiger partial charge on any atom is 0.257 e. The van der Waals surface area contributed by atoms with Gasteiger partial charge in [-0.3, -0.25) is 4.79 Å². The minimum absolute atomic E-state index is 0.0717. The van der Waals surface area contributed by atoms with Crippen molar-refractivity contribution in [2.45, 2.75) is 6.42 Å². The van der Waals surface area contributed by atoms with Crippen LogP contribution in [0.25, 0.3) is 10.8 Å². The van der Waals surface area contributed by atoms with E-state index in [0.29, 0.717) is 35.8 Å². The van der Waals surface area contributed by atoms with Crippen LogP contribution in [0.2, 0.25) is 0 Å². The van der Waals surface area contributed by atoms with Gasteiger partial charge in [-0.1, -0.05) is 30.3 Å². The Labute approximate surface area is 122 Å². The summed E-state index contributed by atoms with van der Waals surface area (Å²) in [5, 5.41) is 12.0. The van der Waals surface area contributed by atoms with E-state index in [2.05, 4.69) is 0 Å². The first-order valence-corrected chi connectivity index (χ1v) is 7.30. The molecule has 1 fully saturated rings. The molecule has 20 heavy (non-hydrogen) atoms. The molecule has 0 bridgehead atoms. The van der Waals surface area contributed by atoms with Gasteiger partial charge in [0, 0.05) is 24.4 Å². The minimum Gasteiger partial charge on any atom is -0.506 e. The predicted molar refractivity (Wildman–Crippen MR) is 80.3 cm³/mol. The third-order valence-corrected chi connectivity index (χ3v) is 4.36. The van der Waals surface area contributed by atoms with Crippen LogP contribution >= 0.6 is 11.6 Å². The fraction of sp³-hybridized carbons (Fsp3) is 0.312. The van der Waals surface area contributed by atoms with Crippen molar-refractivity contribution in [3.8, 4) is 5.75 Å². The van der Waals surface area contributed by atoms with E-state index in [1.54, 1.807) is 11.0 Å². The number of alkyl halides is 1. The molecule has 0 radical (unpaired) electrons. The van der Waals surface area contributed by atoms with Crippen molar-refractivity contribution >= 4 is 28.3 Å². The van der Waals surface area contributed by atoms with E-state index >= 15 is 0 Å². The summed E-state index contributed by atoms with van der Waals surface area (Å²) in [7, 11) is 0. The predicted octanol–water partition coefficient (Wildman–Crippen LogP) is 3.25. The molecule has 4 heteroatoms. The molecule has 0 spiro atoms. The Hall–Kier alpha value is -1.74. The summed E-state index contributed by atoms with van der Waals surface area (Å²) >= 11 is 5.85. The molecule has 2 aromatic carbocycles. The van der Waals surface area contributed by atoms with Crippen LogP contribution in [0.15, 0.2) is 36.4 Å². The fourth-order valence-corrected chi connectivity index (χ4v) is 2.99. The maximum absolute atomic E-state index is 12.5. The van der Waals surface area contributed by atoms with Gasteiger partial charge in [-0.05, 0) is 23.8 Å². The highest BCUT2D eigenvalue weighted by atomic mass is 35.5. The first kappa shape index (κ1) is 13.3. The van der Waals surface area contributed by atoms with Crippen LogP contribution < -0.4 is 0 Å². The van der Waals surface area contributed by atoms with Gasteiger partial charge in [0.2, 0.25) is 0 Å². The minimum atomic E-state index is -0.110. The SMILES string of the molecule is O=C(c1ccc2ccccc2c1O)N1CCC(CCl)C1. The Morgan fingerprint density at radius 2 is 2.10 bits per heavy atom. The number of amides is 1. The fourth-order valence-electron chi connectivity index (χ4n) is 2.74. The molecule has 0 aromatic heterocycles. The highest BCUT2D eigenvalue weighted by molar-refractivity contribution is 6.18. The number of hydrogen-bond donors (Lipinski definition) is 1. The average Bonchev–Trinajstić information content (AvgIpc) is 2.96. The lowest BCUT2D eigenvalue weighted by Gasteiger charge is -2.17. The van der Waals surface area contributed by atoms with Crippen LogP contribution in [0.1, 0.15) is 16.8 Å². The summed E-state index contributed by atoms with van der Waals surface area (Å²) < 4.78 is 0. The zero-order valence-electron chi connectivity index (χ0n) is 11.1. The number of likely N-dealkylation sites (tertiary alicyclic amines) is 1. The third kappa shape index (κ3) is 2.22. The Kier molecular flexibility index (Phi) is 3.53. The largest absolute Gasteiger partial charge is 0.506 e. The highest BCUT2D eigenvalue weighted by Crippen LogP contribution is 2.30. The zero-order chi connectivity index (χ0) is 14.1. The summed E-state index contributed by atoms with van der Waals surface area (Å²) in [5.74, 6) is 0.902. The molecule has 1 N–H and O–H groups in total. The summed E-state index contributed by atoms with van der Waals surface area (Å²) in [6, 6.07) is 11.1. The van der Waals surface area contributed by atoms with E-state index in [4.69, 9.17) is 11.6 Å². The summed E-state index contributed by atoms with van der Waals surface area (Å²) in [4.78, 5) is 14.3. The summed E-state index contributed by atoms with van der Waals surface area (Å²) in [6.07, 6.45) is 0.934. The van der Waals surface area contributed by atoms with Gasteiger partial charge in [0.05, 0.1) is 5.56 Å². The average molecular weight is 290 g/mol. The standard InChI is InChI=1S/C16H16ClNO2/c17-9-11-7-8-18(10-11)16(20)14-6-5-12-3-1-2-4-13(12)15(14)19/h1-6,11,19H,7-10H2. The lowest BCUT2D eigenvalue weighted by molar-refractivity contribution is 0.0785. The lowest BCUT2D eigenvalue weighted by Crippen LogP contribution is -2.28. The molecule has 1 unspecified atom stereocenters. The summed E-state index contributed by atoms with van der Waals surface area (Å²) in [5.41, 5.74) is 0.374. The number of halogens is 1. The van der Waals surface area contributed by atoms with Gasteiger partial charge in [0.15, 0.2) is 0 Å². The highest BCUT2D eigenvalue weighted by Gasteiger charge is 2.28.